The van der Waals surface area contributed by atoms with E-state index in [9.17, 15) is 19.1 Å². The summed E-state index contributed by atoms with van der Waals surface area (Å²) < 4.78 is 33.2. The SMILES string of the molecule is CC12Cc3cnn(-c4ccc(F)cc4)c3C=C1CCC1C2C(O)CC2(C)C1CC[C@]2(OC(=O)c1ccco1)C(=O)CSc1nc2ncccc2o1. The zero-order valence-corrected chi connectivity index (χ0v) is 29.1. The first-order chi connectivity index (χ1) is 24.6. The van der Waals surface area contributed by atoms with Gasteiger partial charge in [-0.2, -0.15) is 10.1 Å². The highest BCUT2D eigenvalue weighted by Gasteiger charge is 2.70. The van der Waals surface area contributed by atoms with Gasteiger partial charge in [-0.25, -0.2) is 18.9 Å². The van der Waals surface area contributed by atoms with Gasteiger partial charge in [0, 0.05) is 11.6 Å². The number of oxazole rings is 1. The number of ether oxygens (including phenoxy) is 1. The topological polar surface area (TPSA) is 133 Å². The molecule has 6 unspecified atom stereocenters. The van der Waals surface area contributed by atoms with Crippen LogP contribution in [0, 0.1) is 34.4 Å². The first kappa shape index (κ1) is 32.4. The predicted octanol–water partition coefficient (Wildman–Crippen LogP) is 7.25. The Bertz CT molecular complexity index is 2160. The van der Waals surface area contributed by atoms with Gasteiger partial charge in [-0.3, -0.25) is 4.79 Å². The number of rotatable bonds is 7. The quantitative estimate of drug-likeness (QED) is 0.136. The molecule has 0 bridgehead atoms. The molecule has 4 aromatic heterocycles. The van der Waals surface area contributed by atoms with Gasteiger partial charge < -0.3 is 18.7 Å². The van der Waals surface area contributed by atoms with E-state index in [0.717, 1.165) is 41.5 Å². The number of hydrogen-bond donors (Lipinski definition) is 1. The summed E-state index contributed by atoms with van der Waals surface area (Å²) >= 11 is 1.16. The van der Waals surface area contributed by atoms with Crippen molar-refractivity contribution in [3.63, 3.8) is 0 Å². The molecule has 12 heteroatoms. The maximum Gasteiger partial charge on any atom is 0.375 e. The highest BCUT2D eigenvalue weighted by molar-refractivity contribution is 7.99. The van der Waals surface area contributed by atoms with Crippen LogP contribution in [0.4, 0.5) is 4.39 Å². The molecule has 0 spiro atoms. The Morgan fingerprint density at radius 3 is 2.76 bits per heavy atom. The van der Waals surface area contributed by atoms with Gasteiger partial charge in [0.05, 0.1) is 35.7 Å². The molecule has 0 radical (unpaired) electrons. The maximum atomic E-state index is 14.6. The largest absolute Gasteiger partial charge is 0.457 e. The van der Waals surface area contributed by atoms with Gasteiger partial charge in [-0.15, -0.1) is 0 Å². The minimum absolute atomic E-state index is 0.0273. The van der Waals surface area contributed by atoms with E-state index in [2.05, 4.69) is 28.1 Å². The van der Waals surface area contributed by atoms with Crippen molar-refractivity contribution in [2.24, 2.45) is 28.6 Å². The molecule has 4 aliphatic carbocycles. The average molecular weight is 709 g/mol. The zero-order chi connectivity index (χ0) is 35.1. The van der Waals surface area contributed by atoms with Crippen molar-refractivity contribution in [2.45, 2.75) is 69.3 Å². The summed E-state index contributed by atoms with van der Waals surface area (Å²) in [4.78, 5) is 36.9. The number of fused-ring (bicyclic) bond motifs is 7. The number of allylic oxidation sites excluding steroid dienone is 1. The van der Waals surface area contributed by atoms with E-state index in [4.69, 9.17) is 13.6 Å². The molecule has 0 saturated heterocycles. The Morgan fingerprint density at radius 2 is 1.98 bits per heavy atom. The lowest BCUT2D eigenvalue weighted by Gasteiger charge is -2.60. The minimum Gasteiger partial charge on any atom is -0.457 e. The molecule has 3 fully saturated rings. The van der Waals surface area contributed by atoms with Crippen molar-refractivity contribution >= 4 is 40.8 Å². The Morgan fingerprint density at radius 1 is 1.14 bits per heavy atom. The van der Waals surface area contributed by atoms with Crippen LogP contribution < -0.4 is 0 Å². The van der Waals surface area contributed by atoms with Gasteiger partial charge >= 0.3 is 5.97 Å². The van der Waals surface area contributed by atoms with Crippen LogP contribution >= 0.6 is 11.8 Å². The number of aromatic nitrogens is 4. The summed E-state index contributed by atoms with van der Waals surface area (Å²) in [6, 6.07) is 13.0. The number of thioether (sulfide) groups is 1. The Hall–Kier alpha value is -4.55. The third-order valence-corrected chi connectivity index (χ3v) is 13.4. The van der Waals surface area contributed by atoms with Crippen molar-refractivity contribution in [2.75, 3.05) is 5.75 Å². The molecule has 1 aromatic carbocycles. The molecule has 9 rings (SSSR count). The molecular formula is C39H37FN4O6S. The van der Waals surface area contributed by atoms with Gasteiger partial charge in [0.1, 0.15) is 5.82 Å². The molecule has 0 aliphatic heterocycles. The van der Waals surface area contributed by atoms with E-state index in [1.54, 1.807) is 36.5 Å². The van der Waals surface area contributed by atoms with E-state index in [1.807, 2.05) is 17.8 Å². The second-order valence-electron chi connectivity index (χ2n) is 15.0. The Kier molecular flexibility index (Phi) is 7.45. The second kappa shape index (κ2) is 11.7. The molecule has 4 heterocycles. The maximum absolute atomic E-state index is 14.6. The lowest BCUT2D eigenvalue weighted by molar-refractivity contribution is -0.179. The highest BCUT2D eigenvalue weighted by atomic mass is 32.2. The first-order valence-corrected chi connectivity index (χ1v) is 18.4. The average Bonchev–Trinajstić information content (AvgIpc) is 3.92. The highest BCUT2D eigenvalue weighted by Crippen LogP contribution is 2.68. The fraction of sp³-hybridized carbons (Fsp3) is 0.410. The van der Waals surface area contributed by atoms with E-state index in [0.29, 0.717) is 42.1 Å². The molecule has 1 N–H and O–H groups in total. The molecular weight excluding hydrogens is 672 g/mol. The van der Waals surface area contributed by atoms with E-state index < -0.39 is 23.1 Å². The fourth-order valence-corrected chi connectivity index (χ4v) is 11.1. The molecule has 10 nitrogen and oxygen atoms in total. The summed E-state index contributed by atoms with van der Waals surface area (Å²) in [7, 11) is 0. The molecule has 0 amide bonds. The van der Waals surface area contributed by atoms with Crippen LogP contribution in [0.15, 0.2) is 86.8 Å². The Balaban J connectivity index is 1.03. The smallest absolute Gasteiger partial charge is 0.375 e. The van der Waals surface area contributed by atoms with Gasteiger partial charge in [0.2, 0.25) is 5.76 Å². The number of aliphatic hydroxyl groups excluding tert-OH is 1. The number of Topliss-reactive ketones (excluding diaryl/α,β-unsaturated/α-hetero) is 1. The Labute approximate surface area is 297 Å². The second-order valence-corrected chi connectivity index (χ2v) is 15.9. The van der Waals surface area contributed by atoms with Crippen LogP contribution in [0.25, 0.3) is 23.0 Å². The zero-order valence-electron chi connectivity index (χ0n) is 28.3. The lowest BCUT2D eigenvalue weighted by atomic mass is 9.45. The van der Waals surface area contributed by atoms with Crippen LogP contribution in [-0.4, -0.2) is 54.1 Å². The number of nitrogens with zero attached hydrogens (tertiary/aromatic N) is 4. The number of hydrogen-bond acceptors (Lipinski definition) is 10. The van der Waals surface area contributed by atoms with Gasteiger partial charge in [0.15, 0.2) is 22.6 Å². The molecule has 7 atom stereocenters. The predicted molar refractivity (Wildman–Crippen MR) is 185 cm³/mol. The van der Waals surface area contributed by atoms with Crippen molar-refractivity contribution in [1.29, 1.82) is 0 Å². The number of aliphatic hydroxyl groups is 1. The number of halogens is 1. The van der Waals surface area contributed by atoms with Crippen molar-refractivity contribution in [1.82, 2.24) is 19.7 Å². The number of ketones is 1. The van der Waals surface area contributed by atoms with Gasteiger partial charge in [-0.05, 0) is 122 Å². The monoisotopic (exact) mass is 708 g/mol. The first-order valence-electron chi connectivity index (χ1n) is 17.5. The fourth-order valence-electron chi connectivity index (χ4n) is 10.3. The van der Waals surface area contributed by atoms with Crippen LogP contribution in [0.1, 0.15) is 67.8 Å². The van der Waals surface area contributed by atoms with Crippen LogP contribution in [-0.2, 0) is 16.0 Å². The summed E-state index contributed by atoms with van der Waals surface area (Å²) in [5.41, 5.74) is 2.48. The summed E-state index contributed by atoms with van der Waals surface area (Å²) in [5, 5.41) is 17.3. The van der Waals surface area contributed by atoms with E-state index >= 15 is 0 Å². The number of carbonyl (C=O) groups is 2. The van der Waals surface area contributed by atoms with E-state index in [-0.39, 0.29) is 46.3 Å². The van der Waals surface area contributed by atoms with Gasteiger partial charge in [-0.1, -0.05) is 31.2 Å². The summed E-state index contributed by atoms with van der Waals surface area (Å²) in [6.07, 6.45) is 10.1. The van der Waals surface area contributed by atoms with Crippen molar-refractivity contribution < 1.29 is 32.7 Å². The molecule has 51 heavy (non-hydrogen) atoms. The number of furan rings is 1. The summed E-state index contributed by atoms with van der Waals surface area (Å²) in [5.74, 6) is -1.17. The number of esters is 1. The van der Waals surface area contributed by atoms with Crippen molar-refractivity contribution in [3.05, 3.63) is 95.6 Å². The molecule has 262 valence electrons. The number of carbonyl (C=O) groups excluding carboxylic acids is 2. The minimum atomic E-state index is -1.49. The molecule has 4 aliphatic rings. The van der Waals surface area contributed by atoms with Gasteiger partial charge in [0.25, 0.3) is 5.22 Å². The number of benzene rings is 1. The van der Waals surface area contributed by atoms with Crippen molar-refractivity contribution in [3.8, 4) is 5.69 Å². The van der Waals surface area contributed by atoms with Crippen LogP contribution in [0.5, 0.6) is 0 Å². The number of pyridine rings is 1. The van der Waals surface area contributed by atoms with E-state index in [1.165, 1.54) is 30.0 Å². The molecule has 3 saturated carbocycles. The normalized spacial score (nSPS) is 30.9. The third kappa shape index (κ3) is 4.89. The van der Waals surface area contributed by atoms with Crippen LogP contribution in [0.2, 0.25) is 0 Å². The van der Waals surface area contributed by atoms with Crippen LogP contribution in [0.3, 0.4) is 0 Å². The molecule has 5 aromatic rings. The lowest BCUT2D eigenvalue weighted by Crippen LogP contribution is -2.63. The standard InChI is InChI=1S/C39H37FN4O6S/c1-37-18-22-20-42-44(25-10-8-24(40)9-11-25)28(22)17-23(37)7-12-26-27-13-14-39(38(27,2)19-29(45)33(26)37,50-35(47)31-6-4-16-48-31)32(46)21-51-36-43-34-30(49-36)5-3-15-41-34/h3-6,8-11,15-17,20,26-27,29,33,45H,7,12-14,18-19,21H2,1-2H3/t26?,27?,29?,33?,37?,38?,39-/m0/s1. The summed E-state index contributed by atoms with van der Waals surface area (Å²) in [6.45, 7) is 4.29. The third-order valence-electron chi connectivity index (χ3n) is 12.5.